The van der Waals surface area contributed by atoms with Crippen molar-refractivity contribution >= 4 is 23.3 Å². The summed E-state index contributed by atoms with van der Waals surface area (Å²) in [5.74, 6) is -0.416. The Balaban J connectivity index is 1.96. The van der Waals surface area contributed by atoms with E-state index in [1.807, 2.05) is 0 Å². The van der Waals surface area contributed by atoms with Crippen molar-refractivity contribution in [2.75, 3.05) is 33.0 Å². The molecule has 1 N–H and O–H groups in total. The van der Waals surface area contributed by atoms with Crippen LogP contribution in [0.15, 0.2) is 24.3 Å². The topological polar surface area (TPSA) is 105 Å². The van der Waals surface area contributed by atoms with Crippen LogP contribution in [0.3, 0.4) is 0 Å². The van der Waals surface area contributed by atoms with E-state index in [9.17, 15) is 24.5 Å². The molecule has 3 rings (SSSR count). The molecule has 9 nitrogen and oxygen atoms in total. The van der Waals surface area contributed by atoms with Crippen molar-refractivity contribution in [3.63, 3.8) is 0 Å². The number of nitrogens with one attached hydrogen (secondary N) is 1. The van der Waals surface area contributed by atoms with Crippen LogP contribution < -0.4 is 4.90 Å². The van der Waals surface area contributed by atoms with Gasteiger partial charge in [0, 0.05) is 44.6 Å². The van der Waals surface area contributed by atoms with Crippen LogP contribution in [0.4, 0.5) is 5.69 Å². The highest BCUT2D eigenvalue weighted by Gasteiger charge is 2.53. The molecule has 0 unspecified atom stereocenters. The zero-order valence-corrected chi connectivity index (χ0v) is 14.7. The van der Waals surface area contributed by atoms with E-state index in [0.29, 0.717) is 25.4 Å². The normalized spacial score (nSPS) is 24.9. The standard InChI is InChI=1S/C17H20N4O5/c1-12(22)19-8-17(7-18(10-19)11-20(9-17)13(2)23)16(24)14-3-5-15(6-4-14)21(25)26/h3-6H,7-11H2,1-2H3/p+1. The Morgan fingerprint density at radius 3 is 1.96 bits per heavy atom. The second-order valence-electron chi connectivity index (χ2n) is 7.09. The van der Waals surface area contributed by atoms with Crippen molar-refractivity contribution in [3.05, 3.63) is 39.9 Å². The number of fused-ring (bicyclic) bond motifs is 2. The van der Waals surface area contributed by atoms with E-state index in [2.05, 4.69) is 0 Å². The Labute approximate surface area is 150 Å². The maximum Gasteiger partial charge on any atom is 0.269 e. The van der Waals surface area contributed by atoms with Crippen LogP contribution in [0, 0.1) is 15.5 Å². The van der Waals surface area contributed by atoms with Gasteiger partial charge in [-0.05, 0) is 12.1 Å². The maximum absolute atomic E-state index is 13.3. The fourth-order valence-corrected chi connectivity index (χ4v) is 3.89. The van der Waals surface area contributed by atoms with Gasteiger partial charge in [-0.25, -0.2) is 0 Å². The molecule has 2 amide bonds. The van der Waals surface area contributed by atoms with Crippen LogP contribution in [0.25, 0.3) is 0 Å². The molecule has 0 spiro atoms. The number of hydrogen-bond acceptors (Lipinski definition) is 5. The number of carbonyl (C=O) groups is 3. The lowest BCUT2D eigenvalue weighted by Gasteiger charge is -2.50. The van der Waals surface area contributed by atoms with Gasteiger partial charge in [0.05, 0.1) is 11.5 Å². The number of non-ortho nitro benzene ring substituents is 1. The van der Waals surface area contributed by atoms with Crippen molar-refractivity contribution in [3.8, 4) is 0 Å². The van der Waals surface area contributed by atoms with Crippen LogP contribution in [0.5, 0.6) is 0 Å². The van der Waals surface area contributed by atoms with Crippen LogP contribution >= 0.6 is 0 Å². The van der Waals surface area contributed by atoms with Crippen molar-refractivity contribution in [1.29, 1.82) is 0 Å². The van der Waals surface area contributed by atoms with Crippen LogP contribution in [-0.4, -0.2) is 65.3 Å². The first-order chi connectivity index (χ1) is 12.2. The number of carbonyl (C=O) groups excluding carboxylic acids is 3. The van der Waals surface area contributed by atoms with E-state index in [1.54, 1.807) is 9.80 Å². The molecule has 138 valence electrons. The first kappa shape index (κ1) is 18.0. The summed E-state index contributed by atoms with van der Waals surface area (Å²) < 4.78 is 0. The zero-order chi connectivity index (χ0) is 19.1. The molecule has 9 heteroatoms. The third-order valence-electron chi connectivity index (χ3n) is 5.12. The highest BCUT2D eigenvalue weighted by atomic mass is 16.6. The Bertz CT molecular complexity index is 750. The SMILES string of the molecule is CC(=O)N1C[NH+]2CN(C(C)=O)CC(C(=O)c3ccc([N+](=O)[O-])cc3)(C1)C2. The number of benzene rings is 1. The molecule has 2 aliphatic heterocycles. The number of quaternary nitrogens is 1. The molecule has 0 radical (unpaired) electrons. The number of amides is 2. The van der Waals surface area contributed by atoms with Gasteiger partial charge in [0.1, 0.15) is 5.41 Å². The number of Topliss-reactive ketones (excluding diaryl/α,β-unsaturated/α-hetero) is 1. The molecule has 2 heterocycles. The molecule has 2 fully saturated rings. The van der Waals surface area contributed by atoms with Crippen LogP contribution in [0.2, 0.25) is 0 Å². The lowest BCUT2D eigenvalue weighted by Crippen LogP contribution is -3.20. The molecule has 26 heavy (non-hydrogen) atoms. The van der Waals surface area contributed by atoms with Gasteiger partial charge in [-0.1, -0.05) is 0 Å². The summed E-state index contributed by atoms with van der Waals surface area (Å²) in [6, 6.07) is 5.47. The number of nitrogens with zero attached hydrogens (tertiary/aromatic N) is 3. The van der Waals surface area contributed by atoms with E-state index < -0.39 is 10.3 Å². The van der Waals surface area contributed by atoms with Crippen molar-refractivity contribution < 1.29 is 24.2 Å². The van der Waals surface area contributed by atoms with Gasteiger partial charge in [0.25, 0.3) is 5.69 Å². The van der Waals surface area contributed by atoms with Gasteiger partial charge in [0.15, 0.2) is 19.1 Å². The molecule has 0 saturated carbocycles. The summed E-state index contributed by atoms with van der Waals surface area (Å²) in [6.45, 7) is 4.85. The average Bonchev–Trinajstić information content (AvgIpc) is 2.60. The largest absolute Gasteiger partial charge is 0.300 e. The summed E-state index contributed by atoms with van der Waals surface area (Å²) in [5, 5.41) is 10.8. The minimum absolute atomic E-state index is 0.0886. The highest BCUT2D eigenvalue weighted by Crippen LogP contribution is 2.29. The van der Waals surface area contributed by atoms with Crippen molar-refractivity contribution in [1.82, 2.24) is 9.80 Å². The molecule has 1 aromatic carbocycles. The fourth-order valence-electron chi connectivity index (χ4n) is 3.89. The first-order valence-corrected chi connectivity index (χ1v) is 8.36. The van der Waals surface area contributed by atoms with E-state index in [-0.39, 0.29) is 36.4 Å². The third-order valence-corrected chi connectivity index (χ3v) is 5.12. The van der Waals surface area contributed by atoms with E-state index >= 15 is 0 Å². The highest BCUT2D eigenvalue weighted by molar-refractivity contribution is 6.01. The smallest absolute Gasteiger partial charge is 0.269 e. The number of ketones is 1. The molecule has 0 aliphatic carbocycles. The quantitative estimate of drug-likeness (QED) is 0.435. The molecular weight excluding hydrogens is 340 g/mol. The van der Waals surface area contributed by atoms with Gasteiger partial charge in [-0.15, -0.1) is 0 Å². The minimum Gasteiger partial charge on any atom is -0.300 e. The summed E-state index contributed by atoms with van der Waals surface area (Å²) in [7, 11) is 0. The van der Waals surface area contributed by atoms with E-state index in [0.717, 1.165) is 4.90 Å². The second-order valence-corrected chi connectivity index (χ2v) is 7.09. The molecule has 0 atom stereocenters. The summed E-state index contributed by atoms with van der Waals surface area (Å²) in [4.78, 5) is 51.7. The van der Waals surface area contributed by atoms with E-state index in [1.165, 1.54) is 38.1 Å². The van der Waals surface area contributed by atoms with Gasteiger partial charge in [-0.2, -0.15) is 0 Å². The van der Waals surface area contributed by atoms with Crippen LogP contribution in [-0.2, 0) is 9.59 Å². The summed E-state index contributed by atoms with van der Waals surface area (Å²) >= 11 is 0. The molecule has 2 bridgehead atoms. The molecular formula is C17H21N4O5+. The molecule has 2 saturated heterocycles. The Morgan fingerprint density at radius 1 is 1.04 bits per heavy atom. The predicted octanol–water partition coefficient (Wildman–Crippen LogP) is -0.712. The van der Waals surface area contributed by atoms with Crippen LogP contribution in [0.1, 0.15) is 24.2 Å². The Morgan fingerprint density at radius 2 is 1.54 bits per heavy atom. The van der Waals surface area contributed by atoms with Gasteiger partial charge in [-0.3, -0.25) is 39.2 Å². The number of nitro groups is 1. The Kier molecular flexibility index (Phi) is 4.49. The second kappa shape index (κ2) is 6.49. The predicted molar refractivity (Wildman–Crippen MR) is 90.2 cm³/mol. The minimum atomic E-state index is -0.903. The number of nitro benzene ring substituents is 1. The van der Waals surface area contributed by atoms with Crippen molar-refractivity contribution in [2.24, 2.45) is 5.41 Å². The fraction of sp³-hybridized carbons (Fsp3) is 0.471. The lowest BCUT2D eigenvalue weighted by molar-refractivity contribution is -0.936. The average molecular weight is 361 g/mol. The maximum atomic E-state index is 13.3. The number of rotatable bonds is 3. The molecule has 0 aromatic heterocycles. The molecule has 2 aliphatic rings. The van der Waals surface area contributed by atoms with E-state index in [4.69, 9.17) is 0 Å². The first-order valence-electron chi connectivity index (χ1n) is 8.36. The van der Waals surface area contributed by atoms with Gasteiger partial charge in [0.2, 0.25) is 11.8 Å². The number of hydrogen-bond donors (Lipinski definition) is 1. The zero-order valence-electron chi connectivity index (χ0n) is 14.7. The molecule has 1 aromatic rings. The lowest BCUT2D eigenvalue weighted by atomic mass is 9.76. The van der Waals surface area contributed by atoms with Crippen molar-refractivity contribution in [2.45, 2.75) is 13.8 Å². The van der Waals surface area contributed by atoms with Gasteiger partial charge >= 0.3 is 0 Å². The van der Waals surface area contributed by atoms with Gasteiger partial charge < -0.3 is 0 Å². The third kappa shape index (κ3) is 3.17. The Hall–Kier alpha value is -2.81. The summed E-state index contributed by atoms with van der Waals surface area (Å²) in [6.07, 6.45) is 0. The summed E-state index contributed by atoms with van der Waals surface area (Å²) in [5.41, 5.74) is -0.640. The monoisotopic (exact) mass is 361 g/mol.